The Balaban J connectivity index is 1.61. The van der Waals surface area contributed by atoms with Crippen LogP contribution in [0.5, 0.6) is 0 Å². The van der Waals surface area contributed by atoms with Gasteiger partial charge in [0.15, 0.2) is 0 Å². The molecule has 4 nitrogen and oxygen atoms in total. The van der Waals surface area contributed by atoms with E-state index in [2.05, 4.69) is 52.5 Å². The van der Waals surface area contributed by atoms with Crippen molar-refractivity contribution in [2.75, 3.05) is 11.9 Å². The number of para-hydroxylation sites is 1. The molecule has 4 rings (SSSR count). The van der Waals surface area contributed by atoms with E-state index in [0.29, 0.717) is 6.54 Å². The van der Waals surface area contributed by atoms with Crippen molar-refractivity contribution >= 4 is 11.7 Å². The van der Waals surface area contributed by atoms with E-state index < -0.39 is 0 Å². The van der Waals surface area contributed by atoms with Crippen LogP contribution in [0.1, 0.15) is 22.9 Å². The maximum atomic E-state index is 13.1. The van der Waals surface area contributed by atoms with Crippen LogP contribution in [-0.4, -0.2) is 22.0 Å². The number of amides is 2. The molecule has 1 aliphatic heterocycles. The molecule has 26 heavy (non-hydrogen) atoms. The quantitative estimate of drug-likeness (QED) is 0.738. The maximum absolute atomic E-state index is 13.1. The van der Waals surface area contributed by atoms with Crippen molar-refractivity contribution in [3.8, 4) is 0 Å². The first kappa shape index (κ1) is 16.5. The largest absolute Gasteiger partial charge is 0.348 e. The molecule has 0 saturated carbocycles. The van der Waals surface area contributed by atoms with Crippen LogP contribution < -0.4 is 5.32 Å². The number of aromatic nitrogens is 1. The van der Waals surface area contributed by atoms with Crippen LogP contribution in [0.3, 0.4) is 0 Å². The summed E-state index contributed by atoms with van der Waals surface area (Å²) in [5.41, 5.74) is 4.37. The van der Waals surface area contributed by atoms with Crippen LogP contribution in [-0.2, 0) is 13.0 Å². The van der Waals surface area contributed by atoms with Gasteiger partial charge in [-0.3, -0.25) is 0 Å². The van der Waals surface area contributed by atoms with Crippen molar-refractivity contribution < 1.29 is 4.79 Å². The molecule has 0 saturated heterocycles. The fourth-order valence-corrected chi connectivity index (χ4v) is 3.66. The number of urea groups is 1. The zero-order chi connectivity index (χ0) is 17.9. The van der Waals surface area contributed by atoms with Gasteiger partial charge in [0, 0.05) is 30.7 Å². The van der Waals surface area contributed by atoms with E-state index in [1.165, 1.54) is 11.3 Å². The van der Waals surface area contributed by atoms with E-state index in [1.807, 2.05) is 42.2 Å². The fourth-order valence-electron chi connectivity index (χ4n) is 3.66. The molecule has 0 unspecified atom stereocenters. The second kappa shape index (κ2) is 7.08. The molecule has 2 heterocycles. The minimum atomic E-state index is -0.0346. The zero-order valence-electron chi connectivity index (χ0n) is 14.9. The monoisotopic (exact) mass is 345 g/mol. The number of benzene rings is 2. The molecule has 0 fully saturated rings. The van der Waals surface area contributed by atoms with Gasteiger partial charge in [-0.1, -0.05) is 48.5 Å². The molecule has 1 N–H and O–H groups in total. The Morgan fingerprint density at radius 1 is 1.00 bits per heavy atom. The van der Waals surface area contributed by atoms with Gasteiger partial charge in [0.05, 0.1) is 6.04 Å². The van der Waals surface area contributed by atoms with Gasteiger partial charge in [0.25, 0.3) is 0 Å². The average Bonchev–Trinajstić information content (AvgIpc) is 3.14. The van der Waals surface area contributed by atoms with Crippen LogP contribution in [0, 0.1) is 6.92 Å². The smallest absolute Gasteiger partial charge is 0.322 e. The minimum Gasteiger partial charge on any atom is -0.348 e. The highest BCUT2D eigenvalue weighted by atomic mass is 16.2. The molecule has 1 aliphatic rings. The standard InChI is InChI=1S/C22H23N3O/c1-17-8-5-6-11-19(17)23-22(26)25-15-14-24-13-7-12-20(24)21(25)16-18-9-3-2-4-10-18/h2-13,21H,14-16H2,1H3,(H,23,26)/t21-/m1/s1. The summed E-state index contributed by atoms with van der Waals surface area (Å²) in [7, 11) is 0. The number of hydrogen-bond acceptors (Lipinski definition) is 1. The number of rotatable bonds is 3. The number of anilines is 1. The first-order valence-electron chi connectivity index (χ1n) is 9.04. The Morgan fingerprint density at radius 3 is 2.58 bits per heavy atom. The molecular formula is C22H23N3O. The molecule has 1 aromatic heterocycles. The third-order valence-corrected chi connectivity index (χ3v) is 5.08. The lowest BCUT2D eigenvalue weighted by molar-refractivity contribution is 0.167. The summed E-state index contributed by atoms with van der Waals surface area (Å²) in [6, 6.07) is 22.5. The second-order valence-corrected chi connectivity index (χ2v) is 6.77. The maximum Gasteiger partial charge on any atom is 0.322 e. The summed E-state index contributed by atoms with van der Waals surface area (Å²) in [6.07, 6.45) is 2.91. The lowest BCUT2D eigenvalue weighted by Gasteiger charge is -2.37. The van der Waals surface area contributed by atoms with E-state index in [1.54, 1.807) is 0 Å². The number of carbonyl (C=O) groups excluding carboxylic acids is 1. The zero-order valence-corrected chi connectivity index (χ0v) is 14.9. The molecule has 0 spiro atoms. The van der Waals surface area contributed by atoms with E-state index >= 15 is 0 Å². The van der Waals surface area contributed by atoms with Gasteiger partial charge in [0.2, 0.25) is 0 Å². The van der Waals surface area contributed by atoms with Crippen LogP contribution in [0.2, 0.25) is 0 Å². The summed E-state index contributed by atoms with van der Waals surface area (Å²) in [6.45, 7) is 3.55. The molecule has 3 aromatic rings. The molecule has 2 amide bonds. The Morgan fingerprint density at radius 2 is 1.77 bits per heavy atom. The molecule has 0 bridgehead atoms. The lowest BCUT2D eigenvalue weighted by Crippen LogP contribution is -2.44. The van der Waals surface area contributed by atoms with Gasteiger partial charge in [-0.2, -0.15) is 0 Å². The lowest BCUT2D eigenvalue weighted by atomic mass is 10.0. The van der Waals surface area contributed by atoms with Gasteiger partial charge in [-0.05, 0) is 42.7 Å². The Labute approximate surface area is 154 Å². The van der Waals surface area contributed by atoms with E-state index in [9.17, 15) is 4.79 Å². The number of aryl methyl sites for hydroxylation is 1. The molecule has 2 aromatic carbocycles. The highest BCUT2D eigenvalue weighted by Gasteiger charge is 2.31. The predicted octanol–water partition coefficient (Wildman–Crippen LogP) is 4.63. The summed E-state index contributed by atoms with van der Waals surface area (Å²) < 4.78 is 2.26. The molecule has 4 heteroatoms. The van der Waals surface area contributed by atoms with E-state index in [-0.39, 0.29) is 12.1 Å². The molecule has 0 aliphatic carbocycles. The first-order valence-corrected chi connectivity index (χ1v) is 9.04. The van der Waals surface area contributed by atoms with Crippen LogP contribution in [0.25, 0.3) is 0 Å². The Bertz CT molecular complexity index is 901. The Kier molecular flexibility index (Phi) is 4.48. The van der Waals surface area contributed by atoms with Gasteiger partial charge < -0.3 is 14.8 Å². The van der Waals surface area contributed by atoms with Crippen LogP contribution in [0.15, 0.2) is 72.9 Å². The summed E-state index contributed by atoms with van der Waals surface area (Å²) in [4.78, 5) is 15.0. The highest BCUT2D eigenvalue weighted by molar-refractivity contribution is 5.90. The van der Waals surface area contributed by atoms with Gasteiger partial charge in [-0.25, -0.2) is 4.79 Å². The van der Waals surface area contributed by atoms with Crippen molar-refractivity contribution in [2.45, 2.75) is 25.9 Å². The van der Waals surface area contributed by atoms with Crippen molar-refractivity contribution in [3.05, 3.63) is 89.7 Å². The molecule has 132 valence electrons. The van der Waals surface area contributed by atoms with Crippen LogP contribution in [0.4, 0.5) is 10.5 Å². The number of carbonyl (C=O) groups is 1. The summed E-state index contributed by atoms with van der Waals surface area (Å²) in [5.74, 6) is 0. The van der Waals surface area contributed by atoms with Gasteiger partial charge in [0.1, 0.15) is 0 Å². The van der Waals surface area contributed by atoms with Gasteiger partial charge in [-0.15, -0.1) is 0 Å². The van der Waals surface area contributed by atoms with Crippen LogP contribution >= 0.6 is 0 Å². The number of nitrogens with zero attached hydrogens (tertiary/aromatic N) is 2. The van der Waals surface area contributed by atoms with E-state index in [4.69, 9.17) is 0 Å². The number of hydrogen-bond donors (Lipinski definition) is 1. The average molecular weight is 345 g/mol. The van der Waals surface area contributed by atoms with Crippen molar-refractivity contribution in [3.63, 3.8) is 0 Å². The minimum absolute atomic E-state index is 0.0326. The Hall–Kier alpha value is -3.01. The van der Waals surface area contributed by atoms with Crippen molar-refractivity contribution in [1.29, 1.82) is 0 Å². The number of nitrogens with one attached hydrogen (secondary N) is 1. The predicted molar refractivity (Wildman–Crippen MR) is 104 cm³/mol. The molecule has 0 radical (unpaired) electrons. The normalized spacial score (nSPS) is 16.2. The highest BCUT2D eigenvalue weighted by Crippen LogP contribution is 2.30. The third-order valence-electron chi connectivity index (χ3n) is 5.08. The number of fused-ring (bicyclic) bond motifs is 1. The van der Waals surface area contributed by atoms with Crippen molar-refractivity contribution in [1.82, 2.24) is 9.47 Å². The summed E-state index contributed by atoms with van der Waals surface area (Å²) in [5, 5.41) is 3.10. The van der Waals surface area contributed by atoms with E-state index in [0.717, 1.165) is 24.2 Å². The third kappa shape index (κ3) is 3.23. The van der Waals surface area contributed by atoms with Crippen molar-refractivity contribution in [2.24, 2.45) is 0 Å². The molecule has 1 atom stereocenters. The fraction of sp³-hybridized carbons (Fsp3) is 0.227. The second-order valence-electron chi connectivity index (χ2n) is 6.77. The first-order chi connectivity index (χ1) is 12.7. The topological polar surface area (TPSA) is 37.3 Å². The summed E-state index contributed by atoms with van der Waals surface area (Å²) >= 11 is 0. The molecular weight excluding hydrogens is 322 g/mol. The SMILES string of the molecule is Cc1ccccc1NC(=O)N1CCn2cccc2[C@H]1Cc1ccccc1. The van der Waals surface area contributed by atoms with Gasteiger partial charge >= 0.3 is 6.03 Å².